The molecule has 0 saturated carbocycles. The Labute approximate surface area is 179 Å². The van der Waals surface area contributed by atoms with Gasteiger partial charge in [0.1, 0.15) is 6.04 Å². The van der Waals surface area contributed by atoms with E-state index in [0.717, 1.165) is 18.6 Å². The van der Waals surface area contributed by atoms with Gasteiger partial charge in [0.25, 0.3) is 0 Å². The van der Waals surface area contributed by atoms with Gasteiger partial charge in [0.2, 0.25) is 11.8 Å². The Morgan fingerprint density at radius 3 is 2.17 bits per heavy atom. The standard InChI is InChI=1S/C24H32N2O2S/c1-3-16-25-24(28)22(4-2)26(17-15-20-11-7-5-8-12-20)23(27)19-29-18-21-13-9-6-10-14-21/h5-14,22H,3-4,15-19H2,1-2H3,(H,25,28). The van der Waals surface area contributed by atoms with Crippen LogP contribution in [0.5, 0.6) is 0 Å². The van der Waals surface area contributed by atoms with Crippen molar-refractivity contribution in [2.24, 2.45) is 0 Å². The van der Waals surface area contributed by atoms with Gasteiger partial charge < -0.3 is 10.2 Å². The lowest BCUT2D eigenvalue weighted by atomic mass is 10.1. The minimum absolute atomic E-state index is 0.0281. The number of carbonyl (C=O) groups excluding carboxylic acids is 2. The number of hydrogen-bond acceptors (Lipinski definition) is 3. The molecule has 2 aromatic carbocycles. The van der Waals surface area contributed by atoms with Crippen LogP contribution < -0.4 is 5.32 Å². The van der Waals surface area contributed by atoms with E-state index in [-0.39, 0.29) is 11.8 Å². The molecule has 5 heteroatoms. The summed E-state index contributed by atoms with van der Waals surface area (Å²) >= 11 is 1.60. The van der Waals surface area contributed by atoms with Crippen LogP contribution >= 0.6 is 11.8 Å². The highest BCUT2D eigenvalue weighted by atomic mass is 32.2. The lowest BCUT2D eigenvalue weighted by Crippen LogP contribution is -2.50. The van der Waals surface area contributed by atoms with Gasteiger partial charge in [-0.3, -0.25) is 9.59 Å². The van der Waals surface area contributed by atoms with Crippen molar-refractivity contribution in [2.45, 2.75) is 44.9 Å². The van der Waals surface area contributed by atoms with Crippen LogP contribution in [0.3, 0.4) is 0 Å². The number of rotatable bonds is 12. The van der Waals surface area contributed by atoms with Gasteiger partial charge in [0.05, 0.1) is 5.75 Å². The van der Waals surface area contributed by atoms with E-state index in [2.05, 4.69) is 29.6 Å². The van der Waals surface area contributed by atoms with E-state index >= 15 is 0 Å². The molecule has 2 amide bonds. The molecule has 0 radical (unpaired) electrons. The lowest BCUT2D eigenvalue weighted by molar-refractivity contribution is -0.138. The molecule has 0 aliphatic carbocycles. The molecule has 156 valence electrons. The highest BCUT2D eigenvalue weighted by Crippen LogP contribution is 2.15. The molecular weight excluding hydrogens is 380 g/mol. The zero-order valence-electron chi connectivity index (χ0n) is 17.5. The molecule has 0 heterocycles. The number of hydrogen-bond donors (Lipinski definition) is 1. The van der Waals surface area contributed by atoms with Crippen LogP contribution in [-0.4, -0.2) is 41.6 Å². The van der Waals surface area contributed by atoms with Gasteiger partial charge in [0.15, 0.2) is 0 Å². The third kappa shape index (κ3) is 7.94. The van der Waals surface area contributed by atoms with Gasteiger partial charge >= 0.3 is 0 Å². The van der Waals surface area contributed by atoms with Crippen molar-refractivity contribution in [2.75, 3.05) is 18.8 Å². The molecule has 0 aliphatic rings. The van der Waals surface area contributed by atoms with Crippen molar-refractivity contribution >= 4 is 23.6 Å². The molecular formula is C24H32N2O2S. The monoisotopic (exact) mass is 412 g/mol. The Morgan fingerprint density at radius 2 is 1.59 bits per heavy atom. The fourth-order valence-electron chi connectivity index (χ4n) is 3.18. The Balaban J connectivity index is 2.02. The first kappa shape index (κ1) is 23.0. The molecule has 1 N–H and O–H groups in total. The number of nitrogens with zero attached hydrogens (tertiary/aromatic N) is 1. The lowest BCUT2D eigenvalue weighted by Gasteiger charge is -2.30. The van der Waals surface area contributed by atoms with Crippen molar-refractivity contribution in [3.05, 3.63) is 71.8 Å². The van der Waals surface area contributed by atoms with Crippen LogP contribution in [0.1, 0.15) is 37.8 Å². The molecule has 2 aromatic rings. The Kier molecular flexibility index (Phi) is 10.4. The van der Waals surface area contributed by atoms with E-state index in [1.807, 2.05) is 50.2 Å². The number of carbonyl (C=O) groups is 2. The maximum atomic E-state index is 13.1. The largest absolute Gasteiger partial charge is 0.354 e. The number of benzene rings is 2. The van der Waals surface area contributed by atoms with E-state index in [1.165, 1.54) is 11.1 Å². The summed E-state index contributed by atoms with van der Waals surface area (Å²) in [6.45, 7) is 5.18. The van der Waals surface area contributed by atoms with E-state index < -0.39 is 6.04 Å². The van der Waals surface area contributed by atoms with Crippen LogP contribution in [-0.2, 0) is 21.8 Å². The number of amides is 2. The second kappa shape index (κ2) is 13.0. The molecule has 4 nitrogen and oxygen atoms in total. The highest BCUT2D eigenvalue weighted by Gasteiger charge is 2.27. The molecule has 1 unspecified atom stereocenters. The van der Waals surface area contributed by atoms with Crippen LogP contribution in [0.25, 0.3) is 0 Å². The molecule has 0 saturated heterocycles. The second-order valence-electron chi connectivity index (χ2n) is 7.02. The van der Waals surface area contributed by atoms with Crippen LogP contribution in [0.2, 0.25) is 0 Å². The third-order valence-electron chi connectivity index (χ3n) is 4.76. The molecule has 2 rings (SSSR count). The van der Waals surface area contributed by atoms with Crippen molar-refractivity contribution in [1.82, 2.24) is 10.2 Å². The summed E-state index contributed by atoms with van der Waals surface area (Å²) in [5.41, 5.74) is 2.37. The normalized spacial score (nSPS) is 11.7. The quantitative estimate of drug-likeness (QED) is 0.566. The zero-order chi connectivity index (χ0) is 20.9. The van der Waals surface area contributed by atoms with E-state index in [0.29, 0.717) is 25.3 Å². The fraction of sp³-hybridized carbons (Fsp3) is 0.417. The average Bonchev–Trinajstić information content (AvgIpc) is 2.76. The van der Waals surface area contributed by atoms with Crippen LogP contribution in [0.15, 0.2) is 60.7 Å². The van der Waals surface area contributed by atoms with Crippen molar-refractivity contribution in [3.8, 4) is 0 Å². The predicted octanol–water partition coefficient (Wildman–Crippen LogP) is 4.30. The van der Waals surface area contributed by atoms with Crippen molar-refractivity contribution in [1.29, 1.82) is 0 Å². The maximum Gasteiger partial charge on any atom is 0.242 e. The first-order valence-electron chi connectivity index (χ1n) is 10.4. The molecule has 0 aliphatic heterocycles. The molecule has 0 fully saturated rings. The minimum Gasteiger partial charge on any atom is -0.354 e. The number of thioether (sulfide) groups is 1. The Hall–Kier alpha value is -2.27. The van der Waals surface area contributed by atoms with Crippen molar-refractivity contribution in [3.63, 3.8) is 0 Å². The minimum atomic E-state index is -0.421. The van der Waals surface area contributed by atoms with Gasteiger partial charge in [-0.1, -0.05) is 74.5 Å². The van der Waals surface area contributed by atoms with Gasteiger partial charge in [-0.05, 0) is 30.4 Å². The summed E-state index contributed by atoms with van der Waals surface area (Å²) in [5.74, 6) is 1.14. The predicted molar refractivity (Wildman–Crippen MR) is 122 cm³/mol. The van der Waals surface area contributed by atoms with E-state index in [9.17, 15) is 9.59 Å². The SMILES string of the molecule is CCCNC(=O)C(CC)N(CCc1ccccc1)C(=O)CSCc1ccccc1. The van der Waals surface area contributed by atoms with E-state index in [4.69, 9.17) is 0 Å². The summed E-state index contributed by atoms with van der Waals surface area (Å²) in [6.07, 6.45) is 2.24. The summed E-state index contributed by atoms with van der Waals surface area (Å²) in [7, 11) is 0. The second-order valence-corrected chi connectivity index (χ2v) is 8.00. The number of nitrogens with one attached hydrogen (secondary N) is 1. The summed E-state index contributed by atoms with van der Waals surface area (Å²) in [4.78, 5) is 27.5. The summed E-state index contributed by atoms with van der Waals surface area (Å²) in [5, 5.41) is 2.96. The van der Waals surface area contributed by atoms with Crippen molar-refractivity contribution < 1.29 is 9.59 Å². The van der Waals surface area contributed by atoms with Gasteiger partial charge in [-0.25, -0.2) is 0 Å². The van der Waals surface area contributed by atoms with Gasteiger partial charge in [-0.15, -0.1) is 11.8 Å². The van der Waals surface area contributed by atoms with Crippen LogP contribution in [0, 0.1) is 0 Å². The first-order chi connectivity index (χ1) is 14.2. The molecule has 1 atom stereocenters. The third-order valence-corrected chi connectivity index (χ3v) is 5.74. The summed E-state index contributed by atoms with van der Waals surface area (Å²) in [6, 6.07) is 19.8. The van der Waals surface area contributed by atoms with Crippen LogP contribution in [0.4, 0.5) is 0 Å². The fourth-order valence-corrected chi connectivity index (χ4v) is 4.05. The Morgan fingerprint density at radius 1 is 0.966 bits per heavy atom. The first-order valence-corrected chi connectivity index (χ1v) is 11.5. The summed E-state index contributed by atoms with van der Waals surface area (Å²) < 4.78 is 0. The van der Waals surface area contributed by atoms with Gasteiger partial charge in [0, 0.05) is 18.8 Å². The molecule has 0 spiro atoms. The zero-order valence-corrected chi connectivity index (χ0v) is 18.3. The maximum absolute atomic E-state index is 13.1. The smallest absolute Gasteiger partial charge is 0.242 e. The molecule has 0 bridgehead atoms. The average molecular weight is 413 g/mol. The van der Waals surface area contributed by atoms with E-state index in [1.54, 1.807) is 16.7 Å². The van der Waals surface area contributed by atoms with Gasteiger partial charge in [-0.2, -0.15) is 0 Å². The molecule has 0 aromatic heterocycles. The Bertz CT molecular complexity index is 737. The molecule has 29 heavy (non-hydrogen) atoms. The highest BCUT2D eigenvalue weighted by molar-refractivity contribution is 7.99. The topological polar surface area (TPSA) is 49.4 Å².